The van der Waals surface area contributed by atoms with Gasteiger partial charge in [0.1, 0.15) is 0 Å². The molecule has 0 nitrogen and oxygen atoms in total. The molecule has 4 aliphatic carbocycles. The minimum Gasteiger partial charge on any atom is -0.248 e. The summed E-state index contributed by atoms with van der Waals surface area (Å²) in [6, 6.07) is 0. The molecule has 0 aliphatic heterocycles. The number of hydrogen-bond donors (Lipinski definition) is 0. The van der Waals surface area contributed by atoms with Gasteiger partial charge < -0.3 is 0 Å². The monoisotopic (exact) mass is 210 g/mol. The van der Waals surface area contributed by atoms with Crippen LogP contribution in [0.1, 0.15) is 58.3 Å². The van der Waals surface area contributed by atoms with Gasteiger partial charge in [-0.15, -0.1) is 0 Å². The standard InChI is InChI=1S/C14H23F/c1-10(15)2-3-14-7-11-4-12(8-14)6-13(5-11)9-14/h10-13H,2-9H2,1H3. The quantitative estimate of drug-likeness (QED) is 0.650. The Hall–Kier alpha value is -0.0700. The van der Waals surface area contributed by atoms with Crippen LogP contribution < -0.4 is 0 Å². The van der Waals surface area contributed by atoms with Gasteiger partial charge >= 0.3 is 0 Å². The molecule has 1 unspecified atom stereocenters. The average molecular weight is 210 g/mol. The predicted molar refractivity (Wildman–Crippen MR) is 60.4 cm³/mol. The van der Waals surface area contributed by atoms with Crippen molar-refractivity contribution in [2.45, 2.75) is 64.5 Å². The molecule has 0 aromatic rings. The maximum absolute atomic E-state index is 13.0. The van der Waals surface area contributed by atoms with Gasteiger partial charge in [-0.25, -0.2) is 4.39 Å². The Balaban J connectivity index is 1.70. The molecule has 1 atom stereocenters. The molecule has 86 valence electrons. The lowest BCUT2D eigenvalue weighted by Crippen LogP contribution is -2.46. The Morgan fingerprint density at radius 3 is 1.93 bits per heavy atom. The van der Waals surface area contributed by atoms with Crippen LogP contribution in [0.15, 0.2) is 0 Å². The molecule has 0 amide bonds. The molecule has 15 heavy (non-hydrogen) atoms. The van der Waals surface area contributed by atoms with Gasteiger partial charge in [-0.3, -0.25) is 0 Å². The second-order valence-electron chi connectivity index (χ2n) is 6.74. The van der Waals surface area contributed by atoms with Crippen molar-refractivity contribution < 1.29 is 4.39 Å². The lowest BCUT2D eigenvalue weighted by atomic mass is 9.48. The van der Waals surface area contributed by atoms with Gasteiger partial charge in [0.15, 0.2) is 0 Å². The van der Waals surface area contributed by atoms with Gasteiger partial charge in [-0.2, -0.15) is 0 Å². The second-order valence-corrected chi connectivity index (χ2v) is 6.74. The van der Waals surface area contributed by atoms with Crippen molar-refractivity contribution in [1.29, 1.82) is 0 Å². The van der Waals surface area contributed by atoms with E-state index in [9.17, 15) is 4.39 Å². The Bertz CT molecular complexity index is 208. The summed E-state index contributed by atoms with van der Waals surface area (Å²) in [5, 5.41) is 0. The van der Waals surface area contributed by atoms with E-state index in [1.165, 1.54) is 44.9 Å². The Kier molecular flexibility index (Phi) is 2.33. The summed E-state index contributed by atoms with van der Waals surface area (Å²) in [5.41, 5.74) is 0.592. The highest BCUT2D eigenvalue weighted by Gasteiger charge is 2.50. The maximum atomic E-state index is 13.0. The van der Waals surface area contributed by atoms with Crippen LogP contribution in [0.3, 0.4) is 0 Å². The van der Waals surface area contributed by atoms with Gasteiger partial charge in [0, 0.05) is 0 Å². The molecule has 0 aromatic heterocycles. The number of hydrogen-bond acceptors (Lipinski definition) is 0. The maximum Gasteiger partial charge on any atom is 0.0973 e. The van der Waals surface area contributed by atoms with Crippen molar-refractivity contribution in [2.24, 2.45) is 23.2 Å². The fourth-order valence-electron chi connectivity index (χ4n) is 5.10. The van der Waals surface area contributed by atoms with Gasteiger partial charge in [-0.1, -0.05) is 0 Å². The molecule has 1 heteroatoms. The minimum absolute atomic E-state index is 0.585. The van der Waals surface area contributed by atoms with Crippen LogP contribution in [0, 0.1) is 23.2 Å². The highest BCUT2D eigenvalue weighted by atomic mass is 19.1. The first-order valence-electron chi connectivity index (χ1n) is 6.79. The van der Waals surface area contributed by atoms with E-state index in [0.717, 1.165) is 24.2 Å². The van der Waals surface area contributed by atoms with Crippen molar-refractivity contribution in [3.63, 3.8) is 0 Å². The number of halogens is 1. The van der Waals surface area contributed by atoms with E-state index in [1.54, 1.807) is 6.92 Å². The zero-order valence-electron chi connectivity index (χ0n) is 9.84. The van der Waals surface area contributed by atoms with Gasteiger partial charge in [-0.05, 0) is 81.5 Å². The van der Waals surface area contributed by atoms with Crippen molar-refractivity contribution in [2.75, 3.05) is 0 Å². The first kappa shape index (κ1) is 10.1. The molecular formula is C14H23F. The van der Waals surface area contributed by atoms with Crippen molar-refractivity contribution in [3.05, 3.63) is 0 Å². The normalized spacial score (nSPS) is 49.6. The van der Waals surface area contributed by atoms with E-state index < -0.39 is 6.17 Å². The SMILES string of the molecule is CC(F)CCC12CC3CC(CC(C3)C1)C2. The fraction of sp³-hybridized carbons (Fsp3) is 1.00. The molecule has 4 saturated carbocycles. The van der Waals surface area contributed by atoms with Crippen LogP contribution in [0.4, 0.5) is 4.39 Å². The van der Waals surface area contributed by atoms with Crippen LogP contribution in [-0.2, 0) is 0 Å². The Morgan fingerprint density at radius 2 is 1.53 bits per heavy atom. The van der Waals surface area contributed by atoms with Crippen LogP contribution >= 0.6 is 0 Å². The zero-order chi connectivity index (χ0) is 10.5. The first-order valence-corrected chi connectivity index (χ1v) is 6.79. The molecular weight excluding hydrogens is 187 g/mol. The molecule has 0 N–H and O–H groups in total. The lowest BCUT2D eigenvalue weighted by molar-refractivity contribution is -0.0603. The molecule has 0 spiro atoms. The summed E-state index contributed by atoms with van der Waals surface area (Å²) in [4.78, 5) is 0. The smallest absolute Gasteiger partial charge is 0.0973 e. The van der Waals surface area contributed by atoms with Crippen molar-refractivity contribution in [3.8, 4) is 0 Å². The third kappa shape index (κ3) is 1.83. The van der Waals surface area contributed by atoms with E-state index in [2.05, 4.69) is 0 Å². The molecule has 0 saturated heterocycles. The minimum atomic E-state index is -0.585. The van der Waals surface area contributed by atoms with Crippen LogP contribution in [0.25, 0.3) is 0 Å². The third-order valence-electron chi connectivity index (χ3n) is 5.24. The molecule has 4 bridgehead atoms. The molecule has 0 aromatic carbocycles. The van der Waals surface area contributed by atoms with E-state index >= 15 is 0 Å². The topological polar surface area (TPSA) is 0 Å². The highest BCUT2D eigenvalue weighted by Crippen LogP contribution is 2.61. The summed E-state index contributed by atoms with van der Waals surface area (Å²) in [6.45, 7) is 1.72. The fourth-order valence-corrected chi connectivity index (χ4v) is 5.10. The molecule has 4 fully saturated rings. The Labute approximate surface area is 92.6 Å². The molecule has 4 rings (SSSR count). The second kappa shape index (κ2) is 3.46. The first-order chi connectivity index (χ1) is 7.15. The van der Waals surface area contributed by atoms with E-state index in [-0.39, 0.29) is 0 Å². The van der Waals surface area contributed by atoms with Gasteiger partial charge in [0.05, 0.1) is 6.17 Å². The summed E-state index contributed by atoms with van der Waals surface area (Å²) < 4.78 is 13.0. The zero-order valence-corrected chi connectivity index (χ0v) is 9.84. The van der Waals surface area contributed by atoms with Crippen molar-refractivity contribution >= 4 is 0 Å². The highest BCUT2D eigenvalue weighted by molar-refractivity contribution is 5.01. The molecule has 0 heterocycles. The predicted octanol–water partition coefficient (Wildman–Crippen LogP) is 4.34. The summed E-state index contributed by atoms with van der Waals surface area (Å²) in [6.07, 6.45) is 10.2. The summed E-state index contributed by atoms with van der Waals surface area (Å²) in [7, 11) is 0. The van der Waals surface area contributed by atoms with E-state index in [4.69, 9.17) is 0 Å². The number of alkyl halides is 1. The van der Waals surface area contributed by atoms with Crippen LogP contribution in [-0.4, -0.2) is 6.17 Å². The third-order valence-corrected chi connectivity index (χ3v) is 5.24. The van der Waals surface area contributed by atoms with Gasteiger partial charge in [0.2, 0.25) is 0 Å². The summed E-state index contributed by atoms with van der Waals surface area (Å²) in [5.74, 6) is 3.06. The largest absolute Gasteiger partial charge is 0.248 e. The van der Waals surface area contributed by atoms with Gasteiger partial charge in [0.25, 0.3) is 0 Å². The Morgan fingerprint density at radius 1 is 1.07 bits per heavy atom. The van der Waals surface area contributed by atoms with Crippen LogP contribution in [0.2, 0.25) is 0 Å². The van der Waals surface area contributed by atoms with Crippen LogP contribution in [0.5, 0.6) is 0 Å². The number of rotatable bonds is 3. The summed E-state index contributed by atoms with van der Waals surface area (Å²) >= 11 is 0. The van der Waals surface area contributed by atoms with E-state index in [0.29, 0.717) is 5.41 Å². The molecule has 4 aliphatic rings. The lowest BCUT2D eigenvalue weighted by Gasteiger charge is -2.57. The van der Waals surface area contributed by atoms with Crippen molar-refractivity contribution in [1.82, 2.24) is 0 Å². The molecule has 0 radical (unpaired) electrons. The van der Waals surface area contributed by atoms with E-state index in [1.807, 2.05) is 0 Å². The average Bonchev–Trinajstić information content (AvgIpc) is 2.12.